The van der Waals surface area contributed by atoms with Crippen molar-refractivity contribution >= 4 is 15.9 Å². The Bertz CT molecular complexity index is 1390. The van der Waals surface area contributed by atoms with Gasteiger partial charge < -0.3 is 19.6 Å². The zero-order valence-corrected chi connectivity index (χ0v) is 22.8. The molecule has 1 saturated heterocycles. The molecule has 10 heteroatoms. The van der Waals surface area contributed by atoms with E-state index >= 15 is 0 Å². The largest absolute Gasteiger partial charge is 0.492 e. The molecule has 1 unspecified atom stereocenters. The Labute approximate surface area is 229 Å². The van der Waals surface area contributed by atoms with Crippen molar-refractivity contribution < 1.29 is 23.1 Å². The summed E-state index contributed by atoms with van der Waals surface area (Å²) in [6.07, 6.45) is 3.72. The Morgan fingerprint density at radius 3 is 2.49 bits per heavy atom. The number of β-amino-alcohol motifs (C(OH)–C–C–N with tert-alkyl or cyclic N) is 1. The maximum atomic E-state index is 13.2. The molecule has 2 aromatic carbocycles. The fourth-order valence-corrected chi connectivity index (χ4v) is 6.64. The van der Waals surface area contributed by atoms with E-state index in [9.17, 15) is 18.3 Å². The Kier molecular flexibility index (Phi) is 7.99. The molecule has 1 aromatic heterocycles. The number of aliphatic hydroxyl groups excluding tert-OH is 1. The highest BCUT2D eigenvalue weighted by atomic mass is 32.2. The van der Waals surface area contributed by atoms with Crippen LogP contribution in [0.4, 0.5) is 0 Å². The average Bonchev–Trinajstić information content (AvgIpc) is 2.95. The SMILES string of the molecule is CN1CC(O)CNS(=O)(=O)c2ccc(-c3ccccc3)cc2OCC2(CCN(C(=O)c3ccncc3)CC2)C1. The number of aromatic nitrogens is 1. The fourth-order valence-electron chi connectivity index (χ4n) is 5.44. The van der Waals surface area contributed by atoms with Crippen LogP contribution < -0.4 is 9.46 Å². The van der Waals surface area contributed by atoms with Crippen LogP contribution in [0, 0.1) is 5.41 Å². The van der Waals surface area contributed by atoms with Crippen LogP contribution in [-0.4, -0.2) is 86.7 Å². The summed E-state index contributed by atoms with van der Waals surface area (Å²) in [6.45, 7) is 2.24. The average molecular weight is 551 g/mol. The minimum absolute atomic E-state index is 0.0277. The van der Waals surface area contributed by atoms with Crippen LogP contribution in [-0.2, 0) is 10.0 Å². The van der Waals surface area contributed by atoms with Gasteiger partial charge in [0.1, 0.15) is 10.6 Å². The predicted molar refractivity (Wildman–Crippen MR) is 148 cm³/mol. The number of nitrogens with zero attached hydrogens (tertiary/aromatic N) is 3. The summed E-state index contributed by atoms with van der Waals surface area (Å²) in [5.74, 6) is 0.247. The van der Waals surface area contributed by atoms with Crippen molar-refractivity contribution in [2.45, 2.75) is 23.8 Å². The molecule has 3 aromatic rings. The number of nitrogens with one attached hydrogen (secondary N) is 1. The predicted octanol–water partition coefficient (Wildman–Crippen LogP) is 2.63. The third-order valence-electron chi connectivity index (χ3n) is 7.55. The van der Waals surface area contributed by atoms with E-state index in [-0.39, 0.29) is 35.1 Å². The molecule has 39 heavy (non-hydrogen) atoms. The zero-order chi connectivity index (χ0) is 27.5. The first kappa shape index (κ1) is 27.3. The highest BCUT2D eigenvalue weighted by molar-refractivity contribution is 7.89. The number of piperidine rings is 1. The van der Waals surface area contributed by atoms with Crippen LogP contribution in [0.15, 0.2) is 78.0 Å². The lowest BCUT2D eigenvalue weighted by Crippen LogP contribution is -2.51. The molecule has 0 aliphatic carbocycles. The van der Waals surface area contributed by atoms with Crippen LogP contribution in [0.25, 0.3) is 11.1 Å². The topological polar surface area (TPSA) is 112 Å². The smallest absolute Gasteiger partial charge is 0.253 e. The Morgan fingerprint density at radius 1 is 1.05 bits per heavy atom. The van der Waals surface area contributed by atoms with Gasteiger partial charge in [-0.05, 0) is 55.3 Å². The number of pyridine rings is 1. The summed E-state index contributed by atoms with van der Waals surface area (Å²) in [5, 5.41) is 10.6. The number of ether oxygens (including phenoxy) is 1. The van der Waals surface area contributed by atoms with Crippen molar-refractivity contribution in [2.24, 2.45) is 5.41 Å². The molecule has 2 aliphatic rings. The standard InChI is InChI=1S/C29H34N4O5S/c1-32-19-25(34)18-31-39(36,37)27-8-7-24(22-5-3-2-4-6-22)17-26(27)38-21-29(20-32)11-15-33(16-12-29)28(35)23-9-13-30-14-10-23/h2-10,13-14,17,25,31,34H,11-12,15-16,18-21H2,1H3. The van der Waals surface area contributed by atoms with Crippen molar-refractivity contribution in [3.8, 4) is 16.9 Å². The second kappa shape index (κ2) is 11.4. The molecular formula is C29H34N4O5S. The molecule has 1 amide bonds. The molecule has 0 radical (unpaired) electrons. The van der Waals surface area contributed by atoms with Crippen LogP contribution in [0.3, 0.4) is 0 Å². The number of aliphatic hydroxyl groups is 1. The third kappa shape index (κ3) is 6.30. The van der Waals surface area contributed by atoms with Gasteiger partial charge in [-0.2, -0.15) is 0 Å². The maximum absolute atomic E-state index is 13.2. The van der Waals surface area contributed by atoms with Crippen LogP contribution in [0.2, 0.25) is 0 Å². The van der Waals surface area contributed by atoms with Crippen molar-refractivity contribution in [1.29, 1.82) is 0 Å². The van der Waals surface area contributed by atoms with Gasteiger partial charge in [-0.3, -0.25) is 9.78 Å². The quantitative estimate of drug-likeness (QED) is 0.505. The molecule has 5 rings (SSSR count). The van der Waals surface area contributed by atoms with Gasteiger partial charge in [-0.15, -0.1) is 0 Å². The molecule has 9 nitrogen and oxygen atoms in total. The number of likely N-dealkylation sites (N-methyl/N-ethyl adjacent to an activating group) is 1. The number of fused-ring (bicyclic) bond motifs is 1. The van der Waals surface area contributed by atoms with Crippen molar-refractivity contribution in [1.82, 2.24) is 19.5 Å². The molecule has 206 valence electrons. The summed E-state index contributed by atoms with van der Waals surface area (Å²) in [5.41, 5.74) is 2.07. The van der Waals surface area contributed by atoms with Crippen molar-refractivity contribution in [3.05, 3.63) is 78.6 Å². The van der Waals surface area contributed by atoms with E-state index in [0.29, 0.717) is 44.6 Å². The first-order chi connectivity index (χ1) is 18.7. The minimum Gasteiger partial charge on any atom is -0.492 e. The number of rotatable bonds is 2. The Balaban J connectivity index is 1.44. The number of amides is 1. The zero-order valence-electron chi connectivity index (χ0n) is 22.0. The van der Waals surface area contributed by atoms with Gasteiger partial charge in [0, 0.05) is 56.1 Å². The molecule has 1 spiro atoms. The van der Waals surface area contributed by atoms with Gasteiger partial charge in [0.2, 0.25) is 10.0 Å². The number of sulfonamides is 1. The van der Waals surface area contributed by atoms with Crippen LogP contribution in [0.5, 0.6) is 5.75 Å². The molecule has 0 bridgehead atoms. The molecule has 0 saturated carbocycles. The van der Waals surface area contributed by atoms with Crippen molar-refractivity contribution in [3.63, 3.8) is 0 Å². The fraction of sp³-hybridized carbons (Fsp3) is 0.379. The normalized spacial score (nSPS) is 21.7. The maximum Gasteiger partial charge on any atom is 0.253 e. The number of benzene rings is 2. The Hall–Kier alpha value is -3.31. The van der Waals surface area contributed by atoms with Gasteiger partial charge in [0.05, 0.1) is 12.7 Å². The first-order valence-corrected chi connectivity index (χ1v) is 14.6. The summed E-state index contributed by atoms with van der Waals surface area (Å²) in [7, 11) is -2.01. The Morgan fingerprint density at radius 2 is 1.77 bits per heavy atom. The number of carbonyl (C=O) groups is 1. The molecule has 1 fully saturated rings. The number of hydrogen-bond donors (Lipinski definition) is 2. The van der Waals surface area contributed by atoms with E-state index in [1.54, 1.807) is 42.7 Å². The van der Waals surface area contributed by atoms with Gasteiger partial charge in [-0.1, -0.05) is 36.4 Å². The molecule has 1 atom stereocenters. The van der Waals surface area contributed by atoms with E-state index in [1.165, 1.54) is 0 Å². The summed E-state index contributed by atoms with van der Waals surface area (Å²) < 4.78 is 35.4. The lowest BCUT2D eigenvalue weighted by molar-refractivity contribution is 0.0159. The van der Waals surface area contributed by atoms with Gasteiger partial charge >= 0.3 is 0 Å². The van der Waals surface area contributed by atoms with Gasteiger partial charge in [0.25, 0.3) is 5.91 Å². The van der Waals surface area contributed by atoms with Crippen LogP contribution in [0.1, 0.15) is 23.2 Å². The highest BCUT2D eigenvalue weighted by Gasteiger charge is 2.39. The van der Waals surface area contributed by atoms with Crippen LogP contribution >= 0.6 is 0 Å². The lowest BCUT2D eigenvalue weighted by Gasteiger charge is -2.44. The summed E-state index contributed by atoms with van der Waals surface area (Å²) in [4.78, 5) is 21.0. The lowest BCUT2D eigenvalue weighted by atomic mass is 9.78. The van der Waals surface area contributed by atoms with Crippen molar-refractivity contribution in [2.75, 3.05) is 46.4 Å². The summed E-state index contributed by atoms with van der Waals surface area (Å²) in [6, 6.07) is 18.3. The monoisotopic (exact) mass is 550 g/mol. The summed E-state index contributed by atoms with van der Waals surface area (Å²) >= 11 is 0. The second-order valence-corrected chi connectivity index (χ2v) is 12.3. The number of likely N-dealkylation sites (tertiary alicyclic amines) is 1. The van der Waals surface area contributed by atoms with E-state index < -0.39 is 16.1 Å². The number of carbonyl (C=O) groups excluding carboxylic acids is 1. The number of hydrogen-bond acceptors (Lipinski definition) is 7. The van der Waals surface area contributed by atoms with Gasteiger partial charge in [0.15, 0.2) is 0 Å². The molecule has 2 aliphatic heterocycles. The van der Waals surface area contributed by atoms with E-state index in [1.807, 2.05) is 47.2 Å². The second-order valence-electron chi connectivity index (χ2n) is 10.5. The molecule has 2 N–H and O–H groups in total. The third-order valence-corrected chi connectivity index (χ3v) is 9.01. The highest BCUT2D eigenvalue weighted by Crippen LogP contribution is 2.37. The van der Waals surface area contributed by atoms with E-state index in [2.05, 4.69) is 9.71 Å². The minimum atomic E-state index is -3.92. The first-order valence-electron chi connectivity index (χ1n) is 13.1. The van der Waals surface area contributed by atoms with E-state index in [4.69, 9.17) is 4.74 Å². The molecule has 3 heterocycles. The van der Waals surface area contributed by atoms with Gasteiger partial charge in [-0.25, -0.2) is 13.1 Å². The van der Waals surface area contributed by atoms with E-state index in [0.717, 1.165) is 11.1 Å². The molecular weight excluding hydrogens is 516 g/mol.